The zero-order valence-electron chi connectivity index (χ0n) is 11.9. The Morgan fingerprint density at radius 1 is 1.25 bits per heavy atom. The molecule has 1 aromatic carbocycles. The number of aryl methyl sites for hydroxylation is 1. The number of hydrogen-bond acceptors (Lipinski definition) is 3. The molecule has 0 amide bonds. The second-order valence-corrected chi connectivity index (χ2v) is 7.53. The van der Waals surface area contributed by atoms with Crippen LogP contribution in [0.4, 0.5) is 0 Å². The Labute approximate surface area is 128 Å². The van der Waals surface area contributed by atoms with Crippen molar-refractivity contribution in [1.82, 2.24) is 4.98 Å². The fraction of sp³-hybridized carbons (Fsp3) is 0.375. The molecular formula is C16H18ClNOS. The van der Waals surface area contributed by atoms with Gasteiger partial charge in [0.15, 0.2) is 6.29 Å². The molecule has 2 aromatic rings. The van der Waals surface area contributed by atoms with Crippen LogP contribution in [0, 0.1) is 5.41 Å². The maximum atomic E-state index is 11.2. The van der Waals surface area contributed by atoms with E-state index in [2.05, 4.69) is 25.8 Å². The number of aromatic nitrogens is 1. The van der Waals surface area contributed by atoms with Crippen LogP contribution in [0.1, 0.15) is 42.6 Å². The van der Waals surface area contributed by atoms with Crippen molar-refractivity contribution in [3.8, 4) is 10.6 Å². The number of hydrogen-bond donors (Lipinski definition) is 0. The van der Waals surface area contributed by atoms with Gasteiger partial charge in [0, 0.05) is 15.5 Å². The molecule has 0 atom stereocenters. The van der Waals surface area contributed by atoms with Gasteiger partial charge >= 0.3 is 0 Å². The van der Waals surface area contributed by atoms with Crippen LogP contribution < -0.4 is 0 Å². The lowest BCUT2D eigenvalue weighted by Gasteiger charge is -2.16. The molecule has 0 N–H and O–H groups in total. The predicted molar refractivity (Wildman–Crippen MR) is 85.7 cm³/mol. The number of nitrogens with zero attached hydrogens (tertiary/aromatic N) is 1. The molecule has 20 heavy (non-hydrogen) atoms. The number of aldehydes is 1. The number of carbonyl (C=O) groups is 1. The number of rotatable bonds is 4. The third kappa shape index (κ3) is 3.90. The minimum atomic E-state index is 0.255. The Kier molecular flexibility index (Phi) is 4.61. The Bertz CT molecular complexity index is 596. The molecule has 106 valence electrons. The van der Waals surface area contributed by atoms with Gasteiger partial charge in [-0.15, -0.1) is 11.3 Å². The number of thiazole rings is 1. The highest BCUT2D eigenvalue weighted by Crippen LogP contribution is 2.31. The van der Waals surface area contributed by atoms with E-state index in [0.29, 0.717) is 10.7 Å². The van der Waals surface area contributed by atoms with Gasteiger partial charge in [0.2, 0.25) is 0 Å². The summed E-state index contributed by atoms with van der Waals surface area (Å²) < 4.78 is 0. The first kappa shape index (κ1) is 15.2. The maximum absolute atomic E-state index is 11.2. The van der Waals surface area contributed by atoms with Crippen LogP contribution in [-0.2, 0) is 6.42 Å². The molecule has 0 saturated carbocycles. The molecule has 2 rings (SSSR count). The summed E-state index contributed by atoms with van der Waals surface area (Å²) in [6.45, 7) is 6.61. The molecule has 0 aliphatic heterocycles. The lowest BCUT2D eigenvalue weighted by Crippen LogP contribution is -2.06. The molecule has 2 nitrogen and oxygen atoms in total. The van der Waals surface area contributed by atoms with Gasteiger partial charge in [-0.3, -0.25) is 4.79 Å². The first-order valence-electron chi connectivity index (χ1n) is 6.60. The largest absolute Gasteiger partial charge is 0.296 e. The highest BCUT2D eigenvalue weighted by atomic mass is 35.5. The van der Waals surface area contributed by atoms with Gasteiger partial charge in [0.25, 0.3) is 0 Å². The molecule has 0 aliphatic rings. The van der Waals surface area contributed by atoms with Gasteiger partial charge in [-0.2, -0.15) is 0 Å². The van der Waals surface area contributed by atoms with Gasteiger partial charge in [-0.25, -0.2) is 4.98 Å². The van der Waals surface area contributed by atoms with Crippen LogP contribution in [0.2, 0.25) is 5.02 Å². The topological polar surface area (TPSA) is 30.0 Å². The first-order valence-corrected chi connectivity index (χ1v) is 7.79. The van der Waals surface area contributed by atoms with E-state index < -0.39 is 0 Å². The molecule has 1 aromatic heterocycles. The monoisotopic (exact) mass is 307 g/mol. The molecule has 0 unspecified atom stereocenters. The first-order chi connectivity index (χ1) is 9.39. The molecule has 4 heteroatoms. The fourth-order valence-corrected chi connectivity index (χ4v) is 3.00. The van der Waals surface area contributed by atoms with Gasteiger partial charge in [-0.1, -0.05) is 44.5 Å². The molecule has 0 radical (unpaired) electrons. The summed E-state index contributed by atoms with van der Waals surface area (Å²) in [5.74, 6) is 0. The molecule has 0 aliphatic carbocycles. The van der Waals surface area contributed by atoms with Crippen molar-refractivity contribution in [1.29, 1.82) is 0 Å². The van der Waals surface area contributed by atoms with E-state index in [1.165, 1.54) is 0 Å². The third-order valence-corrected chi connectivity index (χ3v) is 4.46. The molecule has 0 saturated heterocycles. The van der Waals surface area contributed by atoms with E-state index >= 15 is 0 Å². The van der Waals surface area contributed by atoms with Crippen molar-refractivity contribution < 1.29 is 4.79 Å². The maximum Gasteiger partial charge on any atom is 0.169 e. The lowest BCUT2D eigenvalue weighted by atomic mass is 9.90. The zero-order chi connectivity index (χ0) is 14.8. The van der Waals surface area contributed by atoms with Crippen LogP contribution in [0.25, 0.3) is 10.6 Å². The minimum Gasteiger partial charge on any atom is -0.296 e. The summed E-state index contributed by atoms with van der Waals surface area (Å²) in [7, 11) is 0. The summed E-state index contributed by atoms with van der Waals surface area (Å²) in [6, 6.07) is 7.55. The molecular weight excluding hydrogens is 290 g/mol. The Hall–Kier alpha value is -1.19. The van der Waals surface area contributed by atoms with Crippen molar-refractivity contribution in [2.24, 2.45) is 5.41 Å². The van der Waals surface area contributed by atoms with Crippen LogP contribution in [-0.4, -0.2) is 11.3 Å². The van der Waals surface area contributed by atoms with Crippen molar-refractivity contribution >= 4 is 29.2 Å². The Balaban J connectivity index is 2.26. The van der Waals surface area contributed by atoms with Crippen molar-refractivity contribution in [3.63, 3.8) is 0 Å². The van der Waals surface area contributed by atoms with Gasteiger partial charge < -0.3 is 0 Å². The molecule has 1 heterocycles. The highest BCUT2D eigenvalue weighted by Gasteiger charge is 2.16. The summed E-state index contributed by atoms with van der Waals surface area (Å²) in [5.41, 5.74) is 1.83. The van der Waals surface area contributed by atoms with Gasteiger partial charge in [-0.05, 0) is 30.4 Å². The van der Waals surface area contributed by atoms with Gasteiger partial charge in [0.1, 0.15) is 10.7 Å². The van der Waals surface area contributed by atoms with Crippen LogP contribution >= 0.6 is 22.9 Å². The van der Waals surface area contributed by atoms with E-state index in [4.69, 9.17) is 11.6 Å². The summed E-state index contributed by atoms with van der Waals surface area (Å²) in [6.07, 6.45) is 2.78. The van der Waals surface area contributed by atoms with Crippen molar-refractivity contribution in [3.05, 3.63) is 39.9 Å². The van der Waals surface area contributed by atoms with E-state index in [1.54, 1.807) is 11.3 Å². The second-order valence-electron chi connectivity index (χ2n) is 6.01. The molecule has 0 fully saturated rings. The van der Waals surface area contributed by atoms with Crippen molar-refractivity contribution in [2.45, 2.75) is 33.6 Å². The number of benzene rings is 1. The average molecular weight is 308 g/mol. The molecule has 0 bridgehead atoms. The second kappa shape index (κ2) is 6.06. The molecule has 0 spiro atoms. The van der Waals surface area contributed by atoms with E-state index in [-0.39, 0.29) is 5.41 Å². The summed E-state index contributed by atoms with van der Waals surface area (Å²) in [4.78, 5) is 16.7. The van der Waals surface area contributed by atoms with Gasteiger partial charge in [0.05, 0.1) is 0 Å². The summed E-state index contributed by atoms with van der Waals surface area (Å²) in [5, 5.41) is 1.58. The number of halogens is 1. The third-order valence-electron chi connectivity index (χ3n) is 3.03. The van der Waals surface area contributed by atoms with E-state index in [1.807, 2.05) is 24.3 Å². The number of carbonyl (C=O) groups excluding carboxylic acids is 1. The minimum absolute atomic E-state index is 0.255. The Morgan fingerprint density at radius 3 is 2.45 bits per heavy atom. The summed E-state index contributed by atoms with van der Waals surface area (Å²) >= 11 is 7.49. The smallest absolute Gasteiger partial charge is 0.169 e. The fourth-order valence-electron chi connectivity index (χ4n) is 1.84. The predicted octanol–water partition coefficient (Wildman–Crippen LogP) is 5.25. The normalized spacial score (nSPS) is 11.6. The van der Waals surface area contributed by atoms with Crippen LogP contribution in [0.15, 0.2) is 24.3 Å². The Morgan fingerprint density at radius 2 is 1.90 bits per heavy atom. The standard InChI is InChI=1S/C16H18ClNOS/c1-16(2,3)9-8-14-13(10-19)18-15(20-14)11-4-6-12(17)7-5-11/h4-7,10H,8-9H2,1-3H3. The van der Waals surface area contributed by atoms with Crippen LogP contribution in [0.3, 0.4) is 0 Å². The van der Waals surface area contributed by atoms with E-state index in [9.17, 15) is 4.79 Å². The quantitative estimate of drug-likeness (QED) is 0.722. The van der Waals surface area contributed by atoms with Crippen molar-refractivity contribution in [2.75, 3.05) is 0 Å². The zero-order valence-corrected chi connectivity index (χ0v) is 13.5. The van der Waals surface area contributed by atoms with E-state index in [0.717, 1.165) is 34.6 Å². The van der Waals surface area contributed by atoms with Crippen LogP contribution in [0.5, 0.6) is 0 Å². The average Bonchev–Trinajstić information content (AvgIpc) is 2.79. The SMILES string of the molecule is CC(C)(C)CCc1sc(-c2ccc(Cl)cc2)nc1C=O. The highest BCUT2D eigenvalue weighted by molar-refractivity contribution is 7.15. The lowest BCUT2D eigenvalue weighted by molar-refractivity contribution is 0.111.